The van der Waals surface area contributed by atoms with Gasteiger partial charge in [-0.2, -0.15) is 0 Å². The van der Waals surface area contributed by atoms with E-state index in [4.69, 9.17) is 47.4 Å². The van der Waals surface area contributed by atoms with Gasteiger partial charge >= 0.3 is 0 Å². The lowest BCUT2D eigenvalue weighted by Gasteiger charge is -2.42. The summed E-state index contributed by atoms with van der Waals surface area (Å²) in [7, 11) is 6.33. The molecule has 0 spiro atoms. The van der Waals surface area contributed by atoms with E-state index in [2.05, 4.69) is 31.7 Å². The van der Waals surface area contributed by atoms with E-state index >= 15 is 0 Å². The molecule has 6 rings (SSSR count). The number of hydrogen-bond acceptors (Lipinski definition) is 11. The largest absolute Gasteiger partial charge is 0.492 e. The summed E-state index contributed by atoms with van der Waals surface area (Å²) in [6.07, 6.45) is 2.83. The van der Waals surface area contributed by atoms with E-state index in [-0.39, 0.29) is 50.9 Å². The van der Waals surface area contributed by atoms with Crippen LogP contribution in [0.3, 0.4) is 0 Å². The average Bonchev–Trinajstić information content (AvgIpc) is 3.20. The zero-order chi connectivity index (χ0) is 38.6. The predicted molar refractivity (Wildman–Crippen MR) is 203 cm³/mol. The van der Waals surface area contributed by atoms with Gasteiger partial charge in [-0.1, -0.05) is 43.3 Å². The lowest BCUT2D eigenvalue weighted by atomic mass is 9.66. The minimum absolute atomic E-state index is 0.0163. The summed E-state index contributed by atoms with van der Waals surface area (Å²) >= 11 is 0. The van der Waals surface area contributed by atoms with Crippen molar-refractivity contribution in [2.75, 3.05) is 68.8 Å². The molecule has 0 radical (unpaired) electrons. The molecule has 2 heterocycles. The Morgan fingerprint density at radius 3 is 1.63 bits per heavy atom. The molecule has 0 bridgehead atoms. The molecule has 3 atom stereocenters. The van der Waals surface area contributed by atoms with Gasteiger partial charge in [-0.25, -0.2) is 0 Å². The van der Waals surface area contributed by atoms with Gasteiger partial charge in [0.05, 0.1) is 17.6 Å². The Hall–Kier alpha value is -5.07. The van der Waals surface area contributed by atoms with Crippen LogP contribution in [-0.2, 0) is 29.8 Å². The summed E-state index contributed by atoms with van der Waals surface area (Å²) in [5.74, 6) is 4.45. The van der Waals surface area contributed by atoms with Crippen molar-refractivity contribution in [2.24, 2.45) is 0 Å². The first-order valence-electron chi connectivity index (χ1n) is 17.6. The van der Waals surface area contributed by atoms with Crippen LogP contribution >= 0.6 is 0 Å². The number of methoxy groups -OCH3 is 4. The van der Waals surface area contributed by atoms with Crippen LogP contribution in [0.15, 0.2) is 97.6 Å². The van der Waals surface area contributed by atoms with Crippen LogP contribution in [0.4, 0.5) is 0 Å². The number of fused-ring (bicyclic) bond motifs is 2. The van der Waals surface area contributed by atoms with Crippen LogP contribution < -0.4 is 28.4 Å². The molecule has 4 aromatic rings. The van der Waals surface area contributed by atoms with Gasteiger partial charge in [-0.15, -0.1) is 6.58 Å². The lowest BCUT2D eigenvalue weighted by Crippen LogP contribution is -2.42. The van der Waals surface area contributed by atoms with Gasteiger partial charge in [0.15, 0.2) is 33.0 Å². The van der Waals surface area contributed by atoms with E-state index in [1.54, 1.807) is 46.6 Å². The van der Waals surface area contributed by atoms with Crippen molar-refractivity contribution in [1.29, 1.82) is 0 Å². The Kier molecular flexibility index (Phi) is 14.0. The van der Waals surface area contributed by atoms with Crippen molar-refractivity contribution in [3.63, 3.8) is 0 Å². The van der Waals surface area contributed by atoms with E-state index < -0.39 is 5.41 Å². The topological polar surface area (TPSA) is 109 Å². The normalized spacial score (nSPS) is 19.8. The van der Waals surface area contributed by atoms with Gasteiger partial charge in [0.25, 0.3) is 0 Å². The molecule has 0 N–H and O–H groups in total. The fraction of sp³-hybridized carbons (Fsp3) is 0.372. The SMILES string of the molecule is C=CC[C@@H]1c2ccc(OCOC)cc2OC[C@]1(C)c1ccc(OCOC)cc1.COCOc1ccc(C2(C)COc3cc(OCOC)ccc3C2=O)cc1. The first kappa shape index (κ1) is 40.1. The van der Waals surface area contributed by atoms with Crippen LogP contribution in [0, 0.1) is 0 Å². The summed E-state index contributed by atoms with van der Waals surface area (Å²) in [5, 5.41) is 0. The molecule has 54 heavy (non-hydrogen) atoms. The number of ether oxygens (including phenoxy) is 10. The lowest BCUT2D eigenvalue weighted by molar-refractivity contribution is 0.0504. The maximum atomic E-state index is 13.1. The highest BCUT2D eigenvalue weighted by Crippen LogP contribution is 2.49. The molecule has 0 fully saturated rings. The number of allylic oxidation sites excluding steroid dienone is 1. The predicted octanol–water partition coefficient (Wildman–Crippen LogP) is 7.85. The van der Waals surface area contributed by atoms with Crippen molar-refractivity contribution in [1.82, 2.24) is 0 Å². The van der Waals surface area contributed by atoms with Crippen molar-refractivity contribution >= 4 is 5.78 Å². The van der Waals surface area contributed by atoms with Crippen LogP contribution in [0.2, 0.25) is 0 Å². The number of ketones is 1. The molecule has 0 saturated carbocycles. The van der Waals surface area contributed by atoms with Crippen molar-refractivity contribution in [3.05, 3.63) is 120 Å². The molecule has 2 aliphatic heterocycles. The van der Waals surface area contributed by atoms with E-state index in [9.17, 15) is 4.79 Å². The third-order valence-electron chi connectivity index (χ3n) is 9.65. The average molecular weight is 743 g/mol. The highest BCUT2D eigenvalue weighted by molar-refractivity contribution is 6.07. The van der Waals surface area contributed by atoms with Gasteiger partial charge in [0.2, 0.25) is 0 Å². The Labute approximate surface area is 317 Å². The third kappa shape index (κ3) is 9.17. The smallest absolute Gasteiger partial charge is 0.188 e. The van der Waals surface area contributed by atoms with Gasteiger partial charge < -0.3 is 47.4 Å². The Morgan fingerprint density at radius 1 is 0.630 bits per heavy atom. The summed E-state index contributed by atoms with van der Waals surface area (Å²) in [6.45, 7) is 9.70. The maximum absolute atomic E-state index is 13.1. The van der Waals surface area contributed by atoms with Gasteiger partial charge in [0.1, 0.15) is 41.1 Å². The highest BCUT2D eigenvalue weighted by atomic mass is 16.7. The number of benzene rings is 4. The fourth-order valence-corrected chi connectivity index (χ4v) is 6.58. The molecular formula is C43H50O11. The number of rotatable bonds is 16. The van der Waals surface area contributed by atoms with Gasteiger partial charge in [-0.05, 0) is 72.5 Å². The molecule has 288 valence electrons. The first-order valence-corrected chi connectivity index (χ1v) is 17.6. The van der Waals surface area contributed by atoms with E-state index in [0.717, 1.165) is 34.8 Å². The molecule has 1 unspecified atom stereocenters. The standard InChI is InChI=1S/C23H28O5.C20H22O6/c1-5-6-21-20-12-11-19(28-16-25-4)13-22(20)26-14-23(21,2)17-7-9-18(10-8-17)27-15-24-3;1-20(14-4-6-15(7-5-14)25-12-22-2)11-24-18-10-16(26-13-23-3)8-9-17(18)19(20)21/h5,7-13,21H,1,6,14-16H2,2-4H3;4-10H,11-13H2,1-3H3/t21-,23-;/m1./s1. The van der Waals surface area contributed by atoms with E-state index in [1.165, 1.54) is 5.56 Å². The molecule has 0 saturated heterocycles. The van der Waals surface area contributed by atoms with Gasteiger partial charge in [0, 0.05) is 51.9 Å². The Morgan fingerprint density at radius 2 is 1.09 bits per heavy atom. The van der Waals surface area contributed by atoms with Crippen LogP contribution in [0.1, 0.15) is 53.2 Å². The van der Waals surface area contributed by atoms with Crippen molar-refractivity contribution in [3.8, 4) is 34.5 Å². The summed E-state index contributed by atoms with van der Waals surface area (Å²) < 4.78 is 53.6. The Bertz CT molecular complexity index is 1820. The monoisotopic (exact) mass is 742 g/mol. The number of Topliss-reactive ketones (excluding diaryl/α,β-unsaturated/α-hetero) is 1. The van der Waals surface area contributed by atoms with Gasteiger partial charge in [-0.3, -0.25) is 4.79 Å². The van der Waals surface area contributed by atoms with Crippen molar-refractivity contribution < 1.29 is 52.2 Å². The number of hydrogen-bond donors (Lipinski definition) is 0. The molecular weight excluding hydrogens is 692 g/mol. The zero-order valence-corrected chi connectivity index (χ0v) is 31.9. The molecule has 11 nitrogen and oxygen atoms in total. The zero-order valence-electron chi connectivity index (χ0n) is 31.9. The first-order chi connectivity index (χ1) is 26.2. The molecule has 2 aliphatic rings. The second-order valence-corrected chi connectivity index (χ2v) is 13.3. The molecule has 11 heteroatoms. The van der Waals surface area contributed by atoms with E-state index in [1.807, 2.05) is 61.5 Å². The summed E-state index contributed by atoms with van der Waals surface area (Å²) in [5.41, 5.74) is 2.84. The van der Waals surface area contributed by atoms with Crippen LogP contribution in [0.25, 0.3) is 0 Å². The highest BCUT2D eigenvalue weighted by Gasteiger charge is 2.43. The summed E-state index contributed by atoms with van der Waals surface area (Å²) in [4.78, 5) is 13.1. The second kappa shape index (κ2) is 18.8. The summed E-state index contributed by atoms with van der Waals surface area (Å²) in [6, 6.07) is 26.7. The Balaban J connectivity index is 0.000000208. The minimum atomic E-state index is -0.762. The van der Waals surface area contributed by atoms with Crippen LogP contribution in [-0.4, -0.2) is 74.6 Å². The quantitative estimate of drug-likeness (QED) is 0.0827. The molecule has 0 amide bonds. The minimum Gasteiger partial charge on any atom is -0.492 e. The van der Waals surface area contributed by atoms with Crippen LogP contribution in [0.5, 0.6) is 34.5 Å². The number of carbonyl (C=O) groups is 1. The third-order valence-corrected chi connectivity index (χ3v) is 9.65. The molecule has 0 aromatic heterocycles. The fourth-order valence-electron chi connectivity index (χ4n) is 6.58. The maximum Gasteiger partial charge on any atom is 0.188 e. The molecule has 0 aliphatic carbocycles. The number of carbonyl (C=O) groups excluding carboxylic acids is 1. The molecule has 4 aromatic carbocycles. The van der Waals surface area contributed by atoms with E-state index in [0.29, 0.717) is 29.4 Å². The second-order valence-electron chi connectivity index (χ2n) is 13.3. The van der Waals surface area contributed by atoms with Crippen molar-refractivity contribution in [2.45, 2.75) is 37.0 Å².